The zero-order valence-corrected chi connectivity index (χ0v) is 21.9. The number of amides is 1. The van der Waals surface area contributed by atoms with Gasteiger partial charge in [0.05, 0.1) is 29.2 Å². The average Bonchev–Trinajstić information content (AvgIpc) is 3.56. The van der Waals surface area contributed by atoms with Crippen molar-refractivity contribution in [2.45, 2.75) is 12.2 Å². The number of nitrogens with zero attached hydrogens (tertiary/aromatic N) is 2. The highest BCUT2D eigenvalue weighted by Crippen LogP contribution is 2.47. The fraction of sp³-hybridized carbons (Fsp3) is 0.107. The van der Waals surface area contributed by atoms with Crippen LogP contribution in [-0.4, -0.2) is 28.9 Å². The third-order valence-corrected chi connectivity index (χ3v) is 6.92. The molecule has 1 aliphatic heterocycles. The van der Waals surface area contributed by atoms with Gasteiger partial charge in [-0.3, -0.25) is 14.9 Å². The van der Waals surface area contributed by atoms with Gasteiger partial charge in [-0.25, -0.2) is 8.78 Å². The summed E-state index contributed by atoms with van der Waals surface area (Å²) in [6.45, 7) is 4.03. The number of nitrogens with one attached hydrogen (secondary N) is 3. The molecule has 1 amide bonds. The summed E-state index contributed by atoms with van der Waals surface area (Å²) in [6.07, 6.45) is -1.81. The summed E-state index contributed by atoms with van der Waals surface area (Å²) >= 11 is 6.40. The van der Waals surface area contributed by atoms with Gasteiger partial charge in [-0.1, -0.05) is 18.2 Å². The number of nitrogens with two attached hydrogens (primary N) is 1. The maximum absolute atomic E-state index is 14.3. The fourth-order valence-corrected chi connectivity index (χ4v) is 5.02. The number of aromatic nitrogens is 2. The van der Waals surface area contributed by atoms with E-state index < -0.39 is 40.9 Å². The number of fused-ring (bicyclic) bond motifs is 1. The van der Waals surface area contributed by atoms with Gasteiger partial charge in [0.25, 0.3) is 5.91 Å². The van der Waals surface area contributed by atoms with Crippen LogP contribution in [0.2, 0.25) is 5.02 Å². The lowest BCUT2D eigenvalue weighted by Gasteiger charge is -2.21. The van der Waals surface area contributed by atoms with E-state index in [2.05, 4.69) is 32.4 Å². The summed E-state index contributed by atoms with van der Waals surface area (Å²) in [7, 11) is 1.51. The third kappa shape index (κ3) is 5.13. The lowest BCUT2D eigenvalue weighted by Crippen LogP contribution is -2.19. The normalized spacial score (nSPS) is 15.0. The second kappa shape index (κ2) is 10.4. The molecule has 0 fully saturated rings. The molecule has 1 aromatic heterocycles. The van der Waals surface area contributed by atoms with Crippen molar-refractivity contribution in [3.8, 4) is 0 Å². The molecule has 0 spiro atoms. The van der Waals surface area contributed by atoms with E-state index in [-0.39, 0.29) is 16.4 Å². The van der Waals surface area contributed by atoms with E-state index in [1.165, 1.54) is 37.5 Å². The molecule has 0 saturated carbocycles. The Morgan fingerprint density at radius 3 is 2.54 bits per heavy atom. The maximum Gasteiger partial charge on any atom is 0.416 e. The minimum Gasteiger partial charge on any atom is -0.398 e. The van der Waals surface area contributed by atoms with Gasteiger partial charge < -0.3 is 16.4 Å². The van der Waals surface area contributed by atoms with Gasteiger partial charge in [-0.2, -0.15) is 18.3 Å². The molecule has 0 bridgehead atoms. The largest absolute Gasteiger partial charge is 0.416 e. The monoisotopic (exact) mass is 586 g/mol. The van der Waals surface area contributed by atoms with Crippen LogP contribution >= 0.6 is 11.6 Å². The number of carbonyl (C=O) groups excluding carboxylic acids is 1. The Labute approximate surface area is 234 Å². The number of aromatic amines is 1. The number of benzene rings is 3. The van der Waals surface area contributed by atoms with Gasteiger partial charge in [-0.05, 0) is 42.5 Å². The molecule has 1 atom stereocenters. The number of alkyl halides is 3. The molecule has 3 aromatic carbocycles. The van der Waals surface area contributed by atoms with Crippen LogP contribution in [0.1, 0.15) is 49.8 Å². The summed E-state index contributed by atoms with van der Waals surface area (Å²) in [4.78, 5) is 17.6. The number of halogens is 6. The van der Waals surface area contributed by atoms with Gasteiger partial charge in [0.1, 0.15) is 11.6 Å². The molecule has 41 heavy (non-hydrogen) atoms. The van der Waals surface area contributed by atoms with Crippen molar-refractivity contribution < 1.29 is 26.7 Å². The molecule has 0 radical (unpaired) electrons. The van der Waals surface area contributed by atoms with Gasteiger partial charge in [0.15, 0.2) is 0 Å². The first-order valence-electron chi connectivity index (χ1n) is 11.9. The van der Waals surface area contributed by atoms with Crippen LogP contribution in [0.5, 0.6) is 0 Å². The summed E-state index contributed by atoms with van der Waals surface area (Å²) in [5.74, 6) is -2.86. The summed E-state index contributed by atoms with van der Waals surface area (Å²) in [5.41, 5.74) is 7.53. The third-order valence-electron chi connectivity index (χ3n) is 6.57. The molecule has 13 heteroatoms. The molecule has 5 N–H and O–H groups in total. The molecule has 4 aromatic rings. The van der Waals surface area contributed by atoms with Crippen molar-refractivity contribution in [1.82, 2.24) is 15.5 Å². The van der Waals surface area contributed by atoms with E-state index in [4.69, 9.17) is 17.3 Å². The SMILES string of the molecule is C=C1NC(c2cc(F)ccc2Cl)c2c(NC(=O)c3cc(F)cc(C(F)(F)F)c3)cc(C(=NC)c3cn[nH]c3)c(N)c21. The molecule has 2 heterocycles. The number of hydrogen-bond acceptors (Lipinski definition) is 5. The van der Waals surface area contributed by atoms with Gasteiger partial charge in [0.2, 0.25) is 0 Å². The lowest BCUT2D eigenvalue weighted by atomic mass is 9.90. The molecule has 1 unspecified atom stereocenters. The van der Waals surface area contributed by atoms with Crippen molar-refractivity contribution in [3.05, 3.63) is 117 Å². The zero-order valence-electron chi connectivity index (χ0n) is 21.1. The minimum absolute atomic E-state index is 0.0770. The molecule has 5 rings (SSSR count). The molecule has 7 nitrogen and oxygen atoms in total. The summed E-state index contributed by atoms with van der Waals surface area (Å²) in [5, 5.41) is 12.5. The Morgan fingerprint density at radius 2 is 1.88 bits per heavy atom. The van der Waals surface area contributed by atoms with E-state index in [0.29, 0.717) is 57.4 Å². The molecule has 1 aliphatic rings. The Kier molecular flexibility index (Phi) is 7.03. The van der Waals surface area contributed by atoms with Crippen molar-refractivity contribution in [3.63, 3.8) is 0 Å². The topological polar surface area (TPSA) is 108 Å². The Bertz CT molecular complexity index is 1730. The highest BCUT2D eigenvalue weighted by molar-refractivity contribution is 6.31. The molecular weight excluding hydrogens is 567 g/mol. The minimum atomic E-state index is -4.88. The van der Waals surface area contributed by atoms with Crippen molar-refractivity contribution in [1.29, 1.82) is 0 Å². The smallest absolute Gasteiger partial charge is 0.398 e. The first-order valence-corrected chi connectivity index (χ1v) is 12.3. The number of carbonyl (C=O) groups is 1. The maximum atomic E-state index is 14.3. The Hall–Kier alpha value is -4.71. The van der Waals surface area contributed by atoms with Gasteiger partial charge >= 0.3 is 6.18 Å². The Balaban J connectivity index is 1.71. The zero-order chi connectivity index (χ0) is 29.6. The predicted octanol–water partition coefficient (Wildman–Crippen LogP) is 6.33. The Morgan fingerprint density at radius 1 is 1.12 bits per heavy atom. The standard InChI is InChI=1S/C28H20ClF5N6O/c1-12-22-23(26(39-12)18-8-16(30)3-4-20(18)29)21(9-19(24(22)35)25(36-2)14-10-37-38-11-14)40-27(41)13-5-15(28(32,33)34)7-17(31)6-13/h3-11,26,39H,1,35H2,2H3,(H,37,38)(H,40,41). The summed E-state index contributed by atoms with van der Waals surface area (Å²) in [6, 6.07) is 5.87. The first kappa shape index (κ1) is 27.8. The van der Waals surface area contributed by atoms with E-state index in [1.807, 2.05) is 0 Å². The molecule has 0 aliphatic carbocycles. The van der Waals surface area contributed by atoms with E-state index in [0.717, 1.165) is 0 Å². The van der Waals surface area contributed by atoms with Crippen LogP contribution in [0.25, 0.3) is 5.70 Å². The molecule has 210 valence electrons. The number of anilines is 2. The molecular formula is C28H20ClF5N6O. The quantitative estimate of drug-likeness (QED) is 0.125. The first-order chi connectivity index (χ1) is 19.4. The number of aliphatic imine (C=N–C) groups is 1. The van der Waals surface area contributed by atoms with Gasteiger partial charge in [0, 0.05) is 63.0 Å². The number of nitrogen functional groups attached to an aromatic ring is 1. The molecule has 0 saturated heterocycles. The highest BCUT2D eigenvalue weighted by atomic mass is 35.5. The fourth-order valence-electron chi connectivity index (χ4n) is 4.79. The van der Waals surface area contributed by atoms with Crippen LogP contribution in [0.15, 0.2) is 66.4 Å². The van der Waals surface area contributed by atoms with Crippen molar-refractivity contribution >= 4 is 40.3 Å². The van der Waals surface area contributed by atoms with Crippen molar-refractivity contribution in [2.75, 3.05) is 18.1 Å². The second-order valence-electron chi connectivity index (χ2n) is 9.14. The lowest BCUT2D eigenvalue weighted by molar-refractivity contribution is -0.137. The van der Waals surface area contributed by atoms with Crippen molar-refractivity contribution in [2.24, 2.45) is 4.99 Å². The second-order valence-corrected chi connectivity index (χ2v) is 9.54. The number of rotatable bonds is 5. The predicted molar refractivity (Wildman–Crippen MR) is 146 cm³/mol. The van der Waals surface area contributed by atoms with E-state index in [9.17, 15) is 26.7 Å². The van der Waals surface area contributed by atoms with E-state index >= 15 is 0 Å². The van der Waals surface area contributed by atoms with Crippen LogP contribution in [0.4, 0.5) is 33.3 Å². The van der Waals surface area contributed by atoms with Crippen LogP contribution < -0.4 is 16.4 Å². The summed E-state index contributed by atoms with van der Waals surface area (Å²) < 4.78 is 68.4. The van der Waals surface area contributed by atoms with Crippen LogP contribution in [0.3, 0.4) is 0 Å². The average molecular weight is 587 g/mol. The number of hydrogen-bond donors (Lipinski definition) is 4. The van der Waals surface area contributed by atoms with E-state index in [1.54, 1.807) is 6.20 Å². The van der Waals surface area contributed by atoms with Crippen LogP contribution in [0, 0.1) is 11.6 Å². The van der Waals surface area contributed by atoms with Crippen LogP contribution in [-0.2, 0) is 6.18 Å². The number of H-pyrrole nitrogens is 1. The highest BCUT2D eigenvalue weighted by Gasteiger charge is 2.36. The van der Waals surface area contributed by atoms with Gasteiger partial charge in [-0.15, -0.1) is 0 Å².